The summed E-state index contributed by atoms with van der Waals surface area (Å²) in [6, 6.07) is 7.90. The van der Waals surface area contributed by atoms with Gasteiger partial charge in [-0.05, 0) is 85.8 Å². The van der Waals surface area contributed by atoms with Crippen molar-refractivity contribution in [2.45, 2.75) is 84.3 Å². The molecule has 0 unspecified atom stereocenters. The number of ether oxygens (including phenoxy) is 2. The number of hydrogen-bond acceptors (Lipinski definition) is 6. The summed E-state index contributed by atoms with van der Waals surface area (Å²) >= 11 is 0. The summed E-state index contributed by atoms with van der Waals surface area (Å²) in [6.07, 6.45) is 3.21. The molecule has 2 atom stereocenters. The number of imide groups is 1. The van der Waals surface area contributed by atoms with Crippen molar-refractivity contribution in [3.05, 3.63) is 48.0 Å². The van der Waals surface area contributed by atoms with Gasteiger partial charge in [-0.15, -0.1) is 0 Å². The summed E-state index contributed by atoms with van der Waals surface area (Å²) in [5, 5.41) is 10.1. The topological polar surface area (TPSA) is 111 Å². The molecule has 0 saturated heterocycles. The smallest absolute Gasteiger partial charge is 0.419 e. The molecule has 9 nitrogen and oxygen atoms in total. The lowest BCUT2D eigenvalue weighted by molar-refractivity contribution is -0.140. The highest BCUT2D eigenvalue weighted by Gasteiger charge is 2.62. The van der Waals surface area contributed by atoms with Gasteiger partial charge in [0.1, 0.15) is 16.6 Å². The normalized spacial score (nSPS) is 19.5. The highest BCUT2D eigenvalue weighted by atomic mass is 16.6. The van der Waals surface area contributed by atoms with Gasteiger partial charge in [0.2, 0.25) is 0 Å². The van der Waals surface area contributed by atoms with Crippen LogP contribution in [0.5, 0.6) is 0 Å². The van der Waals surface area contributed by atoms with Crippen LogP contribution in [0.2, 0.25) is 0 Å². The third-order valence-corrected chi connectivity index (χ3v) is 6.02. The number of amides is 2. The number of carbonyl (C=O) groups excluding carboxylic acids is 2. The number of nitrogens with zero attached hydrogens (tertiary/aromatic N) is 3. The fraction of sp³-hybridized carbons (Fsp3) is 0.556. The van der Waals surface area contributed by atoms with Gasteiger partial charge in [0.25, 0.3) is 0 Å². The van der Waals surface area contributed by atoms with E-state index in [1.54, 1.807) is 54.1 Å². The first-order chi connectivity index (χ1) is 16.6. The summed E-state index contributed by atoms with van der Waals surface area (Å²) in [7, 11) is 0. The number of carbonyl (C=O) groups is 3. The molecule has 1 N–H and O–H groups in total. The first-order valence-electron chi connectivity index (χ1n) is 12.2. The Morgan fingerprint density at radius 3 is 2.11 bits per heavy atom. The van der Waals surface area contributed by atoms with Gasteiger partial charge in [-0.3, -0.25) is 4.79 Å². The number of aliphatic carboxylic acids is 1. The molecular weight excluding hydrogens is 462 g/mol. The summed E-state index contributed by atoms with van der Waals surface area (Å²) in [4.78, 5) is 43.1. The maximum atomic E-state index is 12.7. The van der Waals surface area contributed by atoms with E-state index in [4.69, 9.17) is 9.47 Å². The molecule has 0 radical (unpaired) electrons. The molecule has 196 valence electrons. The first-order valence-corrected chi connectivity index (χ1v) is 12.2. The van der Waals surface area contributed by atoms with Crippen molar-refractivity contribution in [2.24, 2.45) is 5.92 Å². The molecule has 1 aliphatic carbocycles. The Hall–Kier alpha value is -3.36. The second-order valence-electron chi connectivity index (χ2n) is 11.4. The zero-order valence-electron chi connectivity index (χ0n) is 22.2. The Balaban J connectivity index is 1.69. The standard InChI is InChI=1S/C27H37N3O6/c1-18-10-12-20(13-11-18)29-16-21(28-17-29)27(22(31)32)15-19(27)9-8-14-30(23(33)35-25(2,3)4)24(34)36-26(5,6)7/h10-13,16-17,19H,8-9,14-15H2,1-7H3,(H,31,32)/t19-,27+/m0/s1. The number of rotatable bonds is 7. The van der Waals surface area contributed by atoms with E-state index in [9.17, 15) is 19.5 Å². The molecule has 9 heteroatoms. The average Bonchev–Trinajstić information content (AvgIpc) is 3.25. The van der Waals surface area contributed by atoms with E-state index in [-0.39, 0.29) is 12.5 Å². The minimum absolute atomic E-state index is 0.0633. The Kier molecular flexibility index (Phi) is 7.53. The van der Waals surface area contributed by atoms with Gasteiger partial charge in [0, 0.05) is 18.4 Å². The number of aromatic nitrogens is 2. The van der Waals surface area contributed by atoms with E-state index in [2.05, 4.69) is 4.98 Å². The Labute approximate surface area is 212 Å². The first kappa shape index (κ1) is 27.2. The van der Waals surface area contributed by atoms with Crippen molar-refractivity contribution in [3.8, 4) is 5.69 Å². The molecule has 0 spiro atoms. The number of benzene rings is 1. The molecule has 1 heterocycles. The summed E-state index contributed by atoms with van der Waals surface area (Å²) in [5.41, 5.74) is -0.0710. The average molecular weight is 500 g/mol. The zero-order chi connectivity index (χ0) is 26.9. The molecule has 1 aromatic carbocycles. The van der Waals surface area contributed by atoms with Gasteiger partial charge in [-0.1, -0.05) is 17.7 Å². The van der Waals surface area contributed by atoms with Gasteiger partial charge in [0.05, 0.1) is 12.0 Å². The van der Waals surface area contributed by atoms with Crippen LogP contribution in [0.4, 0.5) is 9.59 Å². The van der Waals surface area contributed by atoms with Crippen LogP contribution in [0, 0.1) is 12.8 Å². The fourth-order valence-corrected chi connectivity index (χ4v) is 4.16. The molecule has 2 aromatic rings. The monoisotopic (exact) mass is 499 g/mol. The van der Waals surface area contributed by atoms with E-state index in [1.165, 1.54) is 0 Å². The lowest BCUT2D eigenvalue weighted by atomic mass is 9.97. The van der Waals surface area contributed by atoms with Crippen LogP contribution in [0.25, 0.3) is 5.69 Å². The van der Waals surface area contributed by atoms with Crippen molar-refractivity contribution >= 4 is 18.2 Å². The molecule has 36 heavy (non-hydrogen) atoms. The number of carboxylic acid groups (broad SMARTS) is 1. The molecule has 2 amide bonds. The van der Waals surface area contributed by atoms with E-state index in [1.807, 2.05) is 35.8 Å². The van der Waals surface area contributed by atoms with Gasteiger partial charge in [0.15, 0.2) is 0 Å². The number of carboxylic acids is 1. The third-order valence-electron chi connectivity index (χ3n) is 6.02. The predicted molar refractivity (Wildman–Crippen MR) is 134 cm³/mol. The van der Waals surface area contributed by atoms with Crippen molar-refractivity contribution in [2.75, 3.05) is 6.54 Å². The van der Waals surface area contributed by atoms with E-state index < -0.39 is 34.8 Å². The van der Waals surface area contributed by atoms with Crippen LogP contribution in [0.15, 0.2) is 36.8 Å². The molecular formula is C27H37N3O6. The highest BCUT2D eigenvalue weighted by Crippen LogP contribution is 2.56. The van der Waals surface area contributed by atoms with Crippen LogP contribution >= 0.6 is 0 Å². The van der Waals surface area contributed by atoms with Gasteiger partial charge < -0.3 is 19.1 Å². The van der Waals surface area contributed by atoms with E-state index >= 15 is 0 Å². The summed E-state index contributed by atoms with van der Waals surface area (Å²) < 4.78 is 12.6. The summed E-state index contributed by atoms with van der Waals surface area (Å²) in [5.74, 6) is -1.08. The second kappa shape index (κ2) is 9.95. The van der Waals surface area contributed by atoms with Crippen LogP contribution < -0.4 is 0 Å². The van der Waals surface area contributed by atoms with Crippen molar-refractivity contribution in [1.29, 1.82) is 0 Å². The summed E-state index contributed by atoms with van der Waals surface area (Å²) in [6.45, 7) is 12.4. The van der Waals surface area contributed by atoms with Crippen molar-refractivity contribution < 1.29 is 29.0 Å². The quantitative estimate of drug-likeness (QED) is 0.537. The van der Waals surface area contributed by atoms with E-state index in [0.29, 0.717) is 25.0 Å². The van der Waals surface area contributed by atoms with Gasteiger partial charge in [-0.25, -0.2) is 19.5 Å². The maximum Gasteiger partial charge on any atom is 0.419 e. The molecule has 1 aromatic heterocycles. The second-order valence-corrected chi connectivity index (χ2v) is 11.4. The maximum absolute atomic E-state index is 12.7. The van der Waals surface area contributed by atoms with Crippen LogP contribution in [0.1, 0.15) is 72.1 Å². The Bertz CT molecular complexity index is 1080. The molecule has 1 aliphatic rings. The van der Waals surface area contributed by atoms with Crippen LogP contribution in [-0.4, -0.2) is 55.5 Å². The van der Waals surface area contributed by atoms with Crippen molar-refractivity contribution in [1.82, 2.24) is 14.5 Å². The SMILES string of the molecule is Cc1ccc(-n2cnc([C@@]3(C(=O)O)C[C@@H]3CCCN(C(=O)OC(C)(C)C)C(=O)OC(C)(C)C)c2)cc1. The van der Waals surface area contributed by atoms with Crippen molar-refractivity contribution in [3.63, 3.8) is 0 Å². The number of imidazole rings is 1. The van der Waals surface area contributed by atoms with Crippen LogP contribution in [-0.2, 0) is 19.7 Å². The Morgan fingerprint density at radius 2 is 1.61 bits per heavy atom. The third kappa shape index (κ3) is 6.44. The zero-order valence-corrected chi connectivity index (χ0v) is 22.2. The lowest BCUT2D eigenvalue weighted by Gasteiger charge is -2.28. The molecule has 0 bridgehead atoms. The largest absolute Gasteiger partial charge is 0.481 e. The lowest BCUT2D eigenvalue weighted by Crippen LogP contribution is -2.44. The molecule has 1 fully saturated rings. The predicted octanol–water partition coefficient (Wildman–Crippen LogP) is 5.48. The molecule has 1 saturated carbocycles. The molecule has 0 aliphatic heterocycles. The van der Waals surface area contributed by atoms with Gasteiger partial charge >= 0.3 is 18.2 Å². The number of hydrogen-bond donors (Lipinski definition) is 1. The minimum atomic E-state index is -1.07. The minimum Gasteiger partial charge on any atom is -0.481 e. The Morgan fingerprint density at radius 1 is 1.06 bits per heavy atom. The van der Waals surface area contributed by atoms with Crippen LogP contribution in [0.3, 0.4) is 0 Å². The van der Waals surface area contributed by atoms with Gasteiger partial charge in [-0.2, -0.15) is 0 Å². The number of aryl methyl sites for hydroxylation is 1. The fourth-order valence-electron chi connectivity index (χ4n) is 4.16. The molecule has 3 rings (SSSR count). The highest BCUT2D eigenvalue weighted by molar-refractivity contribution is 5.88. The van der Waals surface area contributed by atoms with E-state index in [0.717, 1.165) is 16.2 Å².